The standard InChI is InChI=1S/C53H69Cl4N5O10S2/c1-61-34-47(45-30-40(54)32-51(56)49(45)36-61)38-10-14-43(15-11-38)73(65,66)29-7-22-70-26-27-71-23-19-59-53(64)58-18-5-3-4-8-42(63)9-6-21-69-25-28-72-24-20-60-74(67,68)44-16-12-39(13-17-44)48-35-62(2)37-50-46(48)31-41(55)33-52(50)57/h10-17,30-33,47-48,60H,3-9,18-29,34-37H2,1-2H3,(H2,58,59,64). The summed E-state index contributed by atoms with van der Waals surface area (Å²) >= 11 is 25.7. The van der Waals surface area contributed by atoms with E-state index in [1.165, 1.54) is 0 Å². The van der Waals surface area contributed by atoms with Crippen LogP contribution in [-0.4, -0.2) is 144 Å². The Kier molecular flexibility index (Phi) is 24.2. The SMILES string of the molecule is CN1Cc2c(Cl)cc(Cl)cc2C(c2ccc(S(=O)(=O)CCCOCCOCCNC(=O)NCCCCCC(=O)CCCOCCOCCNS(=O)(=O)c3ccc(C4CN(C)Cc5c(Cl)cc(Cl)cc54)cc3)cc2)C1. The highest BCUT2D eigenvalue weighted by Gasteiger charge is 2.29. The molecule has 0 saturated carbocycles. The van der Waals surface area contributed by atoms with Crippen molar-refractivity contribution >= 4 is 78.1 Å². The van der Waals surface area contributed by atoms with Gasteiger partial charge in [0.1, 0.15) is 5.78 Å². The molecule has 0 aromatic heterocycles. The van der Waals surface area contributed by atoms with E-state index >= 15 is 0 Å². The van der Waals surface area contributed by atoms with Crippen molar-refractivity contribution in [3.8, 4) is 0 Å². The number of rotatable bonds is 31. The van der Waals surface area contributed by atoms with Crippen LogP contribution in [0.25, 0.3) is 0 Å². The third-order valence-electron chi connectivity index (χ3n) is 12.9. The average Bonchev–Trinajstić information content (AvgIpc) is 3.36. The quantitative estimate of drug-likeness (QED) is 0.0408. The lowest BCUT2D eigenvalue weighted by Crippen LogP contribution is -2.37. The molecular formula is C53H69Cl4N5O10S2. The molecule has 2 aliphatic rings. The van der Waals surface area contributed by atoms with Crippen LogP contribution >= 0.6 is 46.4 Å². The largest absolute Gasteiger partial charge is 0.379 e. The van der Waals surface area contributed by atoms with Crippen LogP contribution in [0.15, 0.2) is 82.6 Å². The van der Waals surface area contributed by atoms with Crippen LogP contribution in [0.3, 0.4) is 0 Å². The fourth-order valence-electron chi connectivity index (χ4n) is 9.11. The van der Waals surface area contributed by atoms with E-state index in [2.05, 4.69) is 25.2 Å². The van der Waals surface area contributed by atoms with Gasteiger partial charge in [0.2, 0.25) is 10.0 Å². The highest BCUT2D eigenvalue weighted by molar-refractivity contribution is 7.91. The zero-order chi connectivity index (χ0) is 53.1. The highest BCUT2D eigenvalue weighted by Crippen LogP contribution is 2.40. The lowest BCUT2D eigenvalue weighted by molar-refractivity contribution is -0.119. The molecule has 0 aliphatic carbocycles. The molecule has 0 spiro atoms. The molecule has 2 atom stereocenters. The Labute approximate surface area is 457 Å². The molecule has 2 amide bonds. The monoisotopic (exact) mass is 1140 g/mol. The summed E-state index contributed by atoms with van der Waals surface area (Å²) in [5.74, 6) is 0.165. The maximum absolute atomic E-state index is 13.0. The molecule has 21 heteroatoms. The number of nitrogens with zero attached hydrogens (tertiary/aromatic N) is 2. The summed E-state index contributed by atoms with van der Waals surface area (Å²) < 4.78 is 76.7. The minimum absolute atomic E-state index is 0.00805. The Morgan fingerprint density at radius 3 is 1.58 bits per heavy atom. The smallest absolute Gasteiger partial charge is 0.314 e. The predicted octanol–water partition coefficient (Wildman–Crippen LogP) is 8.87. The number of carbonyl (C=O) groups excluding carboxylic acids is 2. The van der Waals surface area contributed by atoms with Crippen LogP contribution in [0.5, 0.6) is 0 Å². The number of sulfonamides is 1. The first kappa shape index (κ1) is 59.8. The van der Waals surface area contributed by atoms with Crippen molar-refractivity contribution in [3.05, 3.63) is 126 Å². The van der Waals surface area contributed by atoms with Gasteiger partial charge in [-0.15, -0.1) is 0 Å². The number of hydrogen-bond acceptors (Lipinski definition) is 12. The van der Waals surface area contributed by atoms with Crippen LogP contribution in [-0.2, 0) is 56.7 Å². The van der Waals surface area contributed by atoms with Crippen LogP contribution in [0.1, 0.15) is 90.2 Å². The number of likely N-dealkylation sites (N-methyl/N-ethyl adjacent to an activating group) is 2. The summed E-state index contributed by atoms with van der Waals surface area (Å²) in [4.78, 5) is 29.2. The molecule has 74 heavy (non-hydrogen) atoms. The maximum atomic E-state index is 13.0. The topological polar surface area (TPSA) is 182 Å². The van der Waals surface area contributed by atoms with E-state index in [0.29, 0.717) is 98.5 Å². The molecule has 2 heterocycles. The summed E-state index contributed by atoms with van der Waals surface area (Å²) in [7, 11) is -3.16. The van der Waals surface area contributed by atoms with Gasteiger partial charge in [-0.2, -0.15) is 0 Å². The van der Waals surface area contributed by atoms with Crippen molar-refractivity contribution in [2.75, 3.05) is 105 Å². The molecule has 2 unspecified atom stereocenters. The summed E-state index contributed by atoms with van der Waals surface area (Å²) in [5.41, 5.74) is 6.17. The number of ketones is 1. The van der Waals surface area contributed by atoms with Gasteiger partial charge in [-0.05, 0) is 122 Å². The van der Waals surface area contributed by atoms with Gasteiger partial charge >= 0.3 is 6.03 Å². The second-order valence-electron chi connectivity index (χ2n) is 18.7. The summed E-state index contributed by atoms with van der Waals surface area (Å²) in [6.45, 7) is 6.33. The molecule has 15 nitrogen and oxygen atoms in total. The Morgan fingerprint density at radius 1 is 0.554 bits per heavy atom. The zero-order valence-corrected chi connectivity index (χ0v) is 46.8. The van der Waals surface area contributed by atoms with Crippen molar-refractivity contribution < 1.29 is 45.4 Å². The van der Waals surface area contributed by atoms with Crippen molar-refractivity contribution in [1.82, 2.24) is 25.2 Å². The first-order valence-electron chi connectivity index (χ1n) is 25.1. The summed E-state index contributed by atoms with van der Waals surface area (Å²) in [6.07, 6.45) is 4.16. The number of urea groups is 1. The van der Waals surface area contributed by atoms with Gasteiger partial charge in [0.05, 0.1) is 55.2 Å². The first-order chi connectivity index (χ1) is 35.5. The molecule has 0 saturated heterocycles. The number of benzene rings is 4. The molecule has 0 fully saturated rings. The van der Waals surface area contributed by atoms with Crippen molar-refractivity contribution in [2.24, 2.45) is 0 Å². The summed E-state index contributed by atoms with van der Waals surface area (Å²) in [6, 6.07) is 21.1. The third kappa shape index (κ3) is 18.7. The molecule has 6 rings (SSSR count). The van der Waals surface area contributed by atoms with Gasteiger partial charge in [-0.25, -0.2) is 26.4 Å². The molecule has 0 radical (unpaired) electrons. The number of hydrogen-bond donors (Lipinski definition) is 3. The Hall–Kier alpha value is -3.40. The van der Waals surface area contributed by atoms with Crippen LogP contribution in [0, 0.1) is 0 Å². The van der Waals surface area contributed by atoms with Gasteiger partial charge in [0.25, 0.3) is 0 Å². The van der Waals surface area contributed by atoms with E-state index in [9.17, 15) is 26.4 Å². The van der Waals surface area contributed by atoms with E-state index < -0.39 is 19.9 Å². The van der Waals surface area contributed by atoms with Crippen molar-refractivity contribution in [2.45, 2.75) is 79.7 Å². The molecule has 3 N–H and O–H groups in total. The van der Waals surface area contributed by atoms with E-state index in [1.54, 1.807) is 36.4 Å². The lowest BCUT2D eigenvalue weighted by Gasteiger charge is -2.33. The average molecular weight is 1140 g/mol. The maximum Gasteiger partial charge on any atom is 0.314 e. The van der Waals surface area contributed by atoms with E-state index in [-0.39, 0.29) is 59.0 Å². The second kappa shape index (κ2) is 29.9. The fourth-order valence-corrected chi connectivity index (χ4v) is 12.5. The van der Waals surface area contributed by atoms with Gasteiger partial charge in [-0.3, -0.25) is 4.79 Å². The molecule has 0 bridgehead atoms. The Morgan fingerprint density at radius 2 is 1.03 bits per heavy atom. The fraction of sp³-hybridized carbons (Fsp3) is 0.509. The Bertz CT molecular complexity index is 2500. The second-order valence-corrected chi connectivity index (χ2v) is 24.3. The van der Waals surface area contributed by atoms with Crippen LogP contribution < -0.4 is 15.4 Å². The van der Waals surface area contributed by atoms with Crippen LogP contribution in [0.4, 0.5) is 4.79 Å². The minimum atomic E-state index is -3.73. The van der Waals surface area contributed by atoms with Crippen molar-refractivity contribution in [3.63, 3.8) is 0 Å². The molecule has 4 aromatic rings. The van der Waals surface area contributed by atoms with Crippen LogP contribution in [0.2, 0.25) is 20.1 Å². The number of nitrogens with one attached hydrogen (secondary N) is 3. The summed E-state index contributed by atoms with van der Waals surface area (Å²) in [5, 5.41) is 7.97. The normalized spacial score (nSPS) is 16.2. The third-order valence-corrected chi connectivity index (χ3v) is 17.3. The van der Waals surface area contributed by atoms with Gasteiger partial charge in [-0.1, -0.05) is 77.1 Å². The van der Waals surface area contributed by atoms with Gasteiger partial charge in [0.15, 0.2) is 9.84 Å². The number of carbonyl (C=O) groups is 2. The first-order valence-corrected chi connectivity index (χ1v) is 29.7. The number of amides is 2. The van der Waals surface area contributed by atoms with E-state index in [1.807, 2.05) is 50.5 Å². The van der Waals surface area contributed by atoms with Gasteiger partial charge in [0, 0.05) is 104 Å². The number of unbranched alkanes of at least 4 members (excludes halogenated alkanes) is 2. The molecule has 2 aliphatic heterocycles. The zero-order valence-electron chi connectivity index (χ0n) is 42.2. The predicted molar refractivity (Wildman–Crippen MR) is 291 cm³/mol. The number of sulfone groups is 1. The van der Waals surface area contributed by atoms with Gasteiger partial charge < -0.3 is 39.4 Å². The Balaban J connectivity index is 0.694. The van der Waals surface area contributed by atoms with Crippen molar-refractivity contribution in [1.29, 1.82) is 0 Å². The molecular weight excluding hydrogens is 1070 g/mol. The number of ether oxygens (including phenoxy) is 4. The molecule has 4 aromatic carbocycles. The number of fused-ring (bicyclic) bond motifs is 2. The molecule has 406 valence electrons. The van der Waals surface area contributed by atoms with E-state index in [0.717, 1.165) is 78.8 Å². The number of Topliss-reactive ketones (excluding diaryl/α,β-unsaturated/α-hetero) is 1. The lowest BCUT2D eigenvalue weighted by atomic mass is 9.85. The minimum Gasteiger partial charge on any atom is -0.379 e. The highest BCUT2D eigenvalue weighted by atomic mass is 35.5. The van der Waals surface area contributed by atoms with E-state index in [4.69, 9.17) is 65.4 Å². The number of halogens is 4.